The van der Waals surface area contributed by atoms with Crippen molar-refractivity contribution >= 4 is 23.4 Å². The summed E-state index contributed by atoms with van der Waals surface area (Å²) < 4.78 is 11.3. The van der Waals surface area contributed by atoms with Crippen molar-refractivity contribution in [2.24, 2.45) is 5.73 Å². The Bertz CT molecular complexity index is 414. The van der Waals surface area contributed by atoms with Crippen LogP contribution in [0.5, 0.6) is 11.5 Å². The summed E-state index contributed by atoms with van der Waals surface area (Å²) in [6.45, 7) is 4.14. The maximum absolute atomic E-state index is 6.23. The molecule has 1 aromatic rings. The van der Waals surface area contributed by atoms with Crippen LogP contribution < -0.4 is 15.2 Å². The first-order valence-corrected chi connectivity index (χ1v) is 7.53. The van der Waals surface area contributed by atoms with Gasteiger partial charge in [-0.05, 0) is 17.7 Å². The van der Waals surface area contributed by atoms with E-state index in [0.29, 0.717) is 35.8 Å². The predicted molar refractivity (Wildman–Crippen MR) is 76.9 cm³/mol. The Balaban J connectivity index is 2.13. The number of hydrogen-bond donors (Lipinski definition) is 1. The highest BCUT2D eigenvalue weighted by Crippen LogP contribution is 2.38. The molecule has 0 saturated carbocycles. The van der Waals surface area contributed by atoms with Crippen LogP contribution in [0.4, 0.5) is 0 Å². The van der Waals surface area contributed by atoms with Gasteiger partial charge >= 0.3 is 0 Å². The van der Waals surface area contributed by atoms with Crippen molar-refractivity contribution in [2.45, 2.75) is 24.3 Å². The lowest BCUT2D eigenvalue weighted by atomic mass is 10.2. The minimum absolute atomic E-state index is 0.444. The molecule has 0 saturated heterocycles. The maximum atomic E-state index is 6.23. The molecular weight excluding hydrogens is 270 g/mol. The lowest BCUT2D eigenvalue weighted by molar-refractivity contribution is 0.297. The van der Waals surface area contributed by atoms with Crippen molar-refractivity contribution in [3.05, 3.63) is 22.7 Å². The third kappa shape index (κ3) is 3.46. The number of halogens is 1. The van der Waals surface area contributed by atoms with E-state index in [0.717, 1.165) is 23.5 Å². The van der Waals surface area contributed by atoms with Gasteiger partial charge in [-0.25, -0.2) is 0 Å². The van der Waals surface area contributed by atoms with E-state index < -0.39 is 0 Å². The van der Waals surface area contributed by atoms with Crippen LogP contribution in [-0.2, 0) is 5.75 Å². The summed E-state index contributed by atoms with van der Waals surface area (Å²) in [7, 11) is 0. The molecule has 0 radical (unpaired) electrons. The zero-order chi connectivity index (χ0) is 13.0. The molecule has 2 rings (SSSR count). The zero-order valence-electron chi connectivity index (χ0n) is 10.4. The van der Waals surface area contributed by atoms with E-state index in [2.05, 4.69) is 6.92 Å². The molecule has 1 heterocycles. The van der Waals surface area contributed by atoms with Crippen molar-refractivity contribution in [3.63, 3.8) is 0 Å². The minimum atomic E-state index is 0.444. The third-order valence-corrected chi connectivity index (χ3v) is 4.27. The molecule has 1 atom stereocenters. The molecule has 0 fully saturated rings. The fourth-order valence-corrected chi connectivity index (χ4v) is 2.74. The van der Waals surface area contributed by atoms with Gasteiger partial charge in [-0.15, -0.1) is 0 Å². The van der Waals surface area contributed by atoms with Crippen molar-refractivity contribution in [2.75, 3.05) is 19.8 Å². The van der Waals surface area contributed by atoms with Crippen LogP contribution in [0.2, 0.25) is 5.02 Å². The first-order chi connectivity index (χ1) is 8.70. The van der Waals surface area contributed by atoms with Gasteiger partial charge in [-0.1, -0.05) is 18.5 Å². The first-order valence-electron chi connectivity index (χ1n) is 6.10. The van der Waals surface area contributed by atoms with Gasteiger partial charge in [0.1, 0.15) is 0 Å². The molecule has 5 heteroatoms. The molecule has 1 aliphatic rings. The third-order valence-electron chi connectivity index (χ3n) is 2.73. The molecule has 1 aliphatic heterocycles. The zero-order valence-corrected chi connectivity index (χ0v) is 12.0. The highest BCUT2D eigenvalue weighted by molar-refractivity contribution is 7.99. The van der Waals surface area contributed by atoms with E-state index in [1.807, 2.05) is 23.9 Å². The van der Waals surface area contributed by atoms with Crippen LogP contribution in [0.3, 0.4) is 0 Å². The molecule has 0 amide bonds. The maximum Gasteiger partial charge on any atom is 0.179 e. The van der Waals surface area contributed by atoms with E-state index in [4.69, 9.17) is 26.8 Å². The van der Waals surface area contributed by atoms with Gasteiger partial charge in [-0.2, -0.15) is 11.8 Å². The quantitative estimate of drug-likeness (QED) is 0.924. The number of hydrogen-bond acceptors (Lipinski definition) is 4. The van der Waals surface area contributed by atoms with Gasteiger partial charge < -0.3 is 15.2 Å². The van der Waals surface area contributed by atoms with Crippen LogP contribution in [0.1, 0.15) is 18.9 Å². The SMILES string of the molecule is CC(CN)SCc1cc(Cl)c2c(c1)OCCCO2. The predicted octanol–water partition coefficient (Wildman–Crippen LogP) is 3.08. The Morgan fingerprint density at radius 1 is 1.39 bits per heavy atom. The second kappa shape index (κ2) is 6.55. The van der Waals surface area contributed by atoms with Crippen LogP contribution in [0, 0.1) is 0 Å². The van der Waals surface area contributed by atoms with Gasteiger partial charge in [0.25, 0.3) is 0 Å². The van der Waals surface area contributed by atoms with Crippen molar-refractivity contribution in [1.82, 2.24) is 0 Å². The second-order valence-electron chi connectivity index (χ2n) is 4.31. The topological polar surface area (TPSA) is 44.5 Å². The first kappa shape index (κ1) is 13.8. The van der Waals surface area contributed by atoms with Crippen LogP contribution in [0.25, 0.3) is 0 Å². The van der Waals surface area contributed by atoms with Crippen molar-refractivity contribution in [3.8, 4) is 11.5 Å². The highest BCUT2D eigenvalue weighted by Gasteiger charge is 2.15. The Morgan fingerprint density at radius 2 is 2.17 bits per heavy atom. The van der Waals surface area contributed by atoms with Gasteiger partial charge in [0.05, 0.1) is 18.2 Å². The number of fused-ring (bicyclic) bond motifs is 1. The van der Waals surface area contributed by atoms with Gasteiger partial charge in [0.2, 0.25) is 0 Å². The van der Waals surface area contributed by atoms with Crippen molar-refractivity contribution in [1.29, 1.82) is 0 Å². The molecular formula is C13H18ClNO2S. The van der Waals surface area contributed by atoms with Gasteiger partial charge in [-0.3, -0.25) is 0 Å². The molecule has 1 aromatic carbocycles. The van der Waals surface area contributed by atoms with Crippen LogP contribution in [0.15, 0.2) is 12.1 Å². The minimum Gasteiger partial charge on any atom is -0.489 e. The summed E-state index contributed by atoms with van der Waals surface area (Å²) in [6.07, 6.45) is 0.888. The normalized spacial score (nSPS) is 16.2. The number of benzene rings is 1. The Labute approximate surface area is 117 Å². The van der Waals surface area contributed by atoms with Crippen LogP contribution >= 0.6 is 23.4 Å². The summed E-state index contributed by atoms with van der Waals surface area (Å²) in [4.78, 5) is 0. The van der Waals surface area contributed by atoms with Gasteiger partial charge in [0, 0.05) is 24.0 Å². The summed E-state index contributed by atoms with van der Waals surface area (Å²) in [5.41, 5.74) is 6.75. The molecule has 18 heavy (non-hydrogen) atoms. The summed E-state index contributed by atoms with van der Waals surface area (Å²) in [6, 6.07) is 3.97. The molecule has 0 spiro atoms. The molecule has 0 aliphatic carbocycles. The number of ether oxygens (including phenoxy) is 2. The molecule has 100 valence electrons. The summed E-state index contributed by atoms with van der Waals surface area (Å²) in [5, 5.41) is 1.07. The number of thioether (sulfide) groups is 1. The monoisotopic (exact) mass is 287 g/mol. The lowest BCUT2D eigenvalue weighted by Gasteiger charge is -2.13. The van der Waals surface area contributed by atoms with E-state index in [1.54, 1.807) is 0 Å². The average molecular weight is 288 g/mol. The molecule has 2 N–H and O–H groups in total. The second-order valence-corrected chi connectivity index (χ2v) is 6.15. The summed E-state index contributed by atoms with van der Waals surface area (Å²) in [5.74, 6) is 2.32. The Hall–Kier alpha value is -0.580. The highest BCUT2D eigenvalue weighted by atomic mass is 35.5. The van der Waals surface area contributed by atoms with E-state index in [9.17, 15) is 0 Å². The van der Waals surface area contributed by atoms with E-state index in [-0.39, 0.29) is 0 Å². The standard InChI is InChI=1S/C13H18ClNO2S/c1-9(7-15)18-8-10-5-11(14)13-12(6-10)16-3-2-4-17-13/h5-6,9H,2-4,7-8,15H2,1H3. The smallest absolute Gasteiger partial charge is 0.179 e. The lowest BCUT2D eigenvalue weighted by Crippen LogP contribution is -2.12. The number of rotatable bonds is 4. The molecule has 0 bridgehead atoms. The molecule has 0 aromatic heterocycles. The Kier molecular flexibility index (Phi) is 5.03. The fraction of sp³-hybridized carbons (Fsp3) is 0.538. The summed E-state index contributed by atoms with van der Waals surface area (Å²) >= 11 is 8.04. The average Bonchev–Trinajstić information content (AvgIpc) is 2.61. The Morgan fingerprint density at radius 3 is 2.94 bits per heavy atom. The van der Waals surface area contributed by atoms with Crippen LogP contribution in [-0.4, -0.2) is 25.0 Å². The molecule has 1 unspecified atom stereocenters. The van der Waals surface area contributed by atoms with Crippen molar-refractivity contribution < 1.29 is 9.47 Å². The number of nitrogens with two attached hydrogens (primary N) is 1. The van der Waals surface area contributed by atoms with Gasteiger partial charge in [0.15, 0.2) is 11.5 Å². The molecule has 3 nitrogen and oxygen atoms in total. The van der Waals surface area contributed by atoms with E-state index >= 15 is 0 Å². The largest absolute Gasteiger partial charge is 0.489 e. The fourth-order valence-electron chi connectivity index (χ4n) is 1.67. The van der Waals surface area contributed by atoms with E-state index in [1.165, 1.54) is 0 Å².